The number of carbonyl (C=O) groups excluding carboxylic acids is 1. The number of rotatable bonds is 8. The van der Waals surface area contributed by atoms with Crippen molar-refractivity contribution in [1.29, 1.82) is 0 Å². The van der Waals surface area contributed by atoms with Gasteiger partial charge in [0.1, 0.15) is 17.1 Å². The van der Waals surface area contributed by atoms with E-state index in [-0.39, 0.29) is 24.6 Å². The minimum absolute atomic E-state index is 0.0393. The van der Waals surface area contributed by atoms with Gasteiger partial charge in [-0.15, -0.1) is 26.6 Å². The van der Waals surface area contributed by atoms with Gasteiger partial charge in [0.2, 0.25) is 5.82 Å². The van der Waals surface area contributed by atoms with Crippen LogP contribution in [-0.4, -0.2) is 46.1 Å². The molecule has 0 unspecified atom stereocenters. The molecule has 0 bridgehead atoms. The smallest absolute Gasteiger partial charge is 0.261 e. The summed E-state index contributed by atoms with van der Waals surface area (Å²) in [6.45, 7) is 0.211. The van der Waals surface area contributed by atoms with Crippen LogP contribution in [0.25, 0.3) is 11.4 Å². The monoisotopic (exact) mass is 509 g/mol. The summed E-state index contributed by atoms with van der Waals surface area (Å²) in [5.74, 6) is 0.518. The highest BCUT2D eigenvalue weighted by molar-refractivity contribution is 7.17. The number of aromatic amines is 1. The van der Waals surface area contributed by atoms with Gasteiger partial charge >= 0.3 is 0 Å². The van der Waals surface area contributed by atoms with Crippen LogP contribution in [0.2, 0.25) is 4.34 Å². The van der Waals surface area contributed by atoms with Gasteiger partial charge in [0.15, 0.2) is 6.61 Å². The summed E-state index contributed by atoms with van der Waals surface area (Å²) < 4.78 is 9.48. The molecule has 176 valence electrons. The molecule has 0 aliphatic heterocycles. The molecule has 5 aromatic rings. The maximum Gasteiger partial charge on any atom is 0.261 e. The fraction of sp³-hybridized carbons (Fsp3) is 0.0952. The number of amides is 1. The number of hydrogen-bond acceptors (Lipinski definition) is 9. The van der Waals surface area contributed by atoms with Crippen molar-refractivity contribution in [3.05, 3.63) is 92.0 Å². The SMILES string of the molecule is O=C(NCc1cn(-c2ccc(-n3ccccc3=O)cc2OCc2nn[nH]n2)nn1)c1ccc(Cl)s1. The number of carbonyl (C=O) groups is 1. The maximum atomic E-state index is 12.3. The predicted octanol–water partition coefficient (Wildman–Crippen LogP) is 2.16. The normalized spacial score (nSPS) is 10.9. The van der Waals surface area contributed by atoms with Gasteiger partial charge in [-0.3, -0.25) is 14.2 Å². The first-order valence-corrected chi connectivity index (χ1v) is 11.4. The first kappa shape index (κ1) is 22.4. The molecule has 5 rings (SSSR count). The maximum absolute atomic E-state index is 12.3. The van der Waals surface area contributed by atoms with E-state index in [0.717, 1.165) is 0 Å². The number of hydrogen-bond donors (Lipinski definition) is 2. The van der Waals surface area contributed by atoms with Crippen LogP contribution in [0.5, 0.6) is 5.75 Å². The number of H-pyrrole nitrogens is 1. The second kappa shape index (κ2) is 9.87. The third-order valence-electron chi connectivity index (χ3n) is 4.80. The Balaban J connectivity index is 1.40. The van der Waals surface area contributed by atoms with Crippen molar-refractivity contribution >= 4 is 28.8 Å². The first-order valence-electron chi connectivity index (χ1n) is 10.2. The van der Waals surface area contributed by atoms with Gasteiger partial charge in [0.05, 0.1) is 27.6 Å². The number of benzene rings is 1. The molecule has 0 saturated carbocycles. The number of halogens is 1. The highest BCUT2D eigenvalue weighted by atomic mass is 35.5. The second-order valence-electron chi connectivity index (χ2n) is 7.12. The van der Waals surface area contributed by atoms with Gasteiger partial charge in [-0.25, -0.2) is 4.68 Å². The van der Waals surface area contributed by atoms with Crippen LogP contribution in [-0.2, 0) is 13.2 Å². The van der Waals surface area contributed by atoms with E-state index in [2.05, 4.69) is 36.3 Å². The van der Waals surface area contributed by atoms with Crippen LogP contribution in [0.1, 0.15) is 21.2 Å². The fourth-order valence-corrected chi connectivity index (χ4v) is 4.14. The summed E-state index contributed by atoms with van der Waals surface area (Å²) in [5, 5.41) is 24.8. The van der Waals surface area contributed by atoms with Crippen LogP contribution in [0.15, 0.2) is 65.7 Å². The number of nitrogens with one attached hydrogen (secondary N) is 2. The van der Waals surface area contributed by atoms with Gasteiger partial charge in [0, 0.05) is 18.3 Å². The molecule has 4 aromatic heterocycles. The van der Waals surface area contributed by atoms with E-state index in [9.17, 15) is 9.59 Å². The van der Waals surface area contributed by atoms with Crippen LogP contribution in [0.4, 0.5) is 0 Å². The lowest BCUT2D eigenvalue weighted by Crippen LogP contribution is -2.21. The molecule has 12 nitrogen and oxygen atoms in total. The van der Waals surface area contributed by atoms with E-state index in [1.807, 2.05) is 0 Å². The third-order valence-corrected chi connectivity index (χ3v) is 6.03. The molecule has 0 fully saturated rings. The lowest BCUT2D eigenvalue weighted by Gasteiger charge is -2.13. The second-order valence-corrected chi connectivity index (χ2v) is 8.83. The lowest BCUT2D eigenvalue weighted by atomic mass is 10.2. The molecule has 0 atom stereocenters. The van der Waals surface area contributed by atoms with Gasteiger partial charge in [-0.05, 0) is 30.3 Å². The number of ether oxygens (including phenoxy) is 1. The Bertz CT molecular complexity index is 1530. The van der Waals surface area contributed by atoms with Crippen molar-refractivity contribution in [3.63, 3.8) is 0 Å². The highest BCUT2D eigenvalue weighted by Crippen LogP contribution is 2.26. The summed E-state index contributed by atoms with van der Waals surface area (Å²) in [6, 6.07) is 13.5. The highest BCUT2D eigenvalue weighted by Gasteiger charge is 2.14. The zero-order valence-electron chi connectivity index (χ0n) is 17.8. The lowest BCUT2D eigenvalue weighted by molar-refractivity contribution is 0.0954. The van der Waals surface area contributed by atoms with Crippen molar-refractivity contribution in [3.8, 4) is 17.1 Å². The molecule has 0 aliphatic rings. The Morgan fingerprint density at radius 2 is 2.09 bits per heavy atom. The van der Waals surface area contributed by atoms with E-state index in [1.165, 1.54) is 26.7 Å². The molecule has 1 amide bonds. The molecule has 2 N–H and O–H groups in total. The summed E-state index contributed by atoms with van der Waals surface area (Å²) in [6.07, 6.45) is 3.34. The zero-order chi connectivity index (χ0) is 24.2. The van der Waals surface area contributed by atoms with Crippen LogP contribution in [0.3, 0.4) is 0 Å². The summed E-state index contributed by atoms with van der Waals surface area (Å²) >= 11 is 7.09. The fourth-order valence-electron chi connectivity index (χ4n) is 3.18. The Hall–Kier alpha value is -4.36. The average Bonchev–Trinajstić information content (AvgIpc) is 3.64. The molecule has 0 aliphatic carbocycles. The van der Waals surface area contributed by atoms with Crippen molar-refractivity contribution in [2.24, 2.45) is 0 Å². The van der Waals surface area contributed by atoms with E-state index in [0.29, 0.717) is 37.9 Å². The number of aromatic nitrogens is 8. The van der Waals surface area contributed by atoms with E-state index in [4.69, 9.17) is 16.3 Å². The van der Waals surface area contributed by atoms with Crippen molar-refractivity contribution in [2.75, 3.05) is 0 Å². The Labute approximate surface area is 206 Å². The minimum atomic E-state index is -0.252. The van der Waals surface area contributed by atoms with E-state index >= 15 is 0 Å². The number of nitrogens with zero attached hydrogens (tertiary/aromatic N) is 7. The topological polar surface area (TPSA) is 146 Å². The van der Waals surface area contributed by atoms with Gasteiger partial charge in [0.25, 0.3) is 11.5 Å². The van der Waals surface area contributed by atoms with Crippen LogP contribution >= 0.6 is 22.9 Å². The number of tetrazole rings is 1. The molecule has 1 aromatic carbocycles. The van der Waals surface area contributed by atoms with E-state index in [1.54, 1.807) is 54.9 Å². The average molecular weight is 510 g/mol. The van der Waals surface area contributed by atoms with Crippen molar-refractivity contribution in [2.45, 2.75) is 13.2 Å². The minimum Gasteiger partial charge on any atom is -0.483 e. The Morgan fingerprint density at radius 3 is 2.86 bits per heavy atom. The standard InChI is InChI=1S/C21H16ClN9O3S/c22-18-7-6-17(35-18)21(33)23-10-13-11-31(29-24-13)15-5-4-14(30-8-2-1-3-20(30)32)9-16(15)34-12-19-25-27-28-26-19/h1-9,11H,10,12H2,(H,23,33)(H,25,26,27,28). The third kappa shape index (κ3) is 5.10. The van der Waals surface area contributed by atoms with Crippen molar-refractivity contribution < 1.29 is 9.53 Å². The van der Waals surface area contributed by atoms with Crippen molar-refractivity contribution in [1.82, 2.24) is 45.5 Å². The molecular formula is C21H16ClN9O3S. The molecule has 0 saturated heterocycles. The largest absolute Gasteiger partial charge is 0.483 e. The van der Waals surface area contributed by atoms with Gasteiger partial charge < -0.3 is 10.1 Å². The molecule has 35 heavy (non-hydrogen) atoms. The zero-order valence-corrected chi connectivity index (χ0v) is 19.4. The summed E-state index contributed by atoms with van der Waals surface area (Å²) in [7, 11) is 0. The molecule has 14 heteroatoms. The molecule has 0 radical (unpaired) electrons. The Morgan fingerprint density at radius 1 is 1.17 bits per heavy atom. The number of thiophene rings is 1. The summed E-state index contributed by atoms with van der Waals surface area (Å²) in [5.41, 5.74) is 1.52. The Kier molecular flexibility index (Phi) is 6.32. The predicted molar refractivity (Wildman–Crippen MR) is 126 cm³/mol. The summed E-state index contributed by atoms with van der Waals surface area (Å²) in [4.78, 5) is 25.1. The molecular weight excluding hydrogens is 494 g/mol. The number of pyridine rings is 1. The van der Waals surface area contributed by atoms with Gasteiger partial charge in [-0.2, -0.15) is 5.21 Å². The van der Waals surface area contributed by atoms with Crippen LogP contribution in [0, 0.1) is 0 Å². The van der Waals surface area contributed by atoms with Crippen LogP contribution < -0.4 is 15.6 Å². The van der Waals surface area contributed by atoms with E-state index < -0.39 is 0 Å². The first-order chi connectivity index (χ1) is 17.1. The quantitative estimate of drug-likeness (QED) is 0.323. The molecule has 4 heterocycles. The van der Waals surface area contributed by atoms with Gasteiger partial charge in [-0.1, -0.05) is 28.1 Å². The molecule has 0 spiro atoms.